The number of nitrogens with zero attached hydrogens (tertiary/aromatic N) is 3. The van der Waals surface area contributed by atoms with Gasteiger partial charge < -0.3 is 19.5 Å². The van der Waals surface area contributed by atoms with Gasteiger partial charge in [-0.25, -0.2) is 9.48 Å². The molecule has 1 aliphatic rings. The molecule has 0 radical (unpaired) electrons. The molecule has 170 valence electrons. The van der Waals surface area contributed by atoms with E-state index in [1.807, 2.05) is 37.6 Å². The third-order valence-corrected chi connectivity index (χ3v) is 5.22. The van der Waals surface area contributed by atoms with Gasteiger partial charge in [0.1, 0.15) is 11.8 Å². The average Bonchev–Trinajstić information content (AvgIpc) is 3.36. The highest BCUT2D eigenvalue weighted by Gasteiger charge is 2.32. The van der Waals surface area contributed by atoms with Gasteiger partial charge in [0.15, 0.2) is 0 Å². The zero-order valence-electron chi connectivity index (χ0n) is 18.9. The highest BCUT2D eigenvalue weighted by Crippen LogP contribution is 2.27. The summed E-state index contributed by atoms with van der Waals surface area (Å²) in [4.78, 5) is 26.6. The van der Waals surface area contributed by atoms with Crippen molar-refractivity contribution in [3.05, 3.63) is 30.0 Å². The van der Waals surface area contributed by atoms with Crippen molar-refractivity contribution in [3.8, 4) is 0 Å². The molecule has 1 aromatic heterocycles. The number of hydrogen-bond donors (Lipinski definition) is 1. The summed E-state index contributed by atoms with van der Waals surface area (Å²) in [7, 11) is 3.02. The highest BCUT2D eigenvalue weighted by atomic mass is 16.6. The summed E-state index contributed by atoms with van der Waals surface area (Å²) in [5.41, 5.74) is 0.696. The molecule has 0 aliphatic carbocycles. The number of para-hydroxylation sites is 1. The van der Waals surface area contributed by atoms with Gasteiger partial charge in [-0.3, -0.25) is 9.69 Å². The number of nitrogens with one attached hydrogen (secondary N) is 1. The number of carbonyl (C=O) groups excluding carboxylic acids is 2. The van der Waals surface area contributed by atoms with E-state index in [0.29, 0.717) is 12.2 Å². The standard InChI is InChI=1S/C22H32N4O5/c1-22(2,3)31-19(27)12-23-16-9-10-25(13-16)18(14-29-4)26-20-15(11-24-26)7-6-8-17(20)21(28)30-5/h6-8,11,16,18,23H,9-10,12-14H2,1-5H3. The predicted molar refractivity (Wildman–Crippen MR) is 116 cm³/mol. The second-order valence-electron chi connectivity index (χ2n) is 8.71. The maximum Gasteiger partial charge on any atom is 0.340 e. The van der Waals surface area contributed by atoms with Gasteiger partial charge >= 0.3 is 11.9 Å². The van der Waals surface area contributed by atoms with Gasteiger partial charge in [-0.05, 0) is 33.3 Å². The van der Waals surface area contributed by atoms with Crippen molar-refractivity contribution >= 4 is 22.8 Å². The van der Waals surface area contributed by atoms with Crippen LogP contribution in [0.3, 0.4) is 0 Å². The summed E-state index contributed by atoms with van der Waals surface area (Å²) in [6.45, 7) is 7.67. The van der Waals surface area contributed by atoms with Gasteiger partial charge in [0.05, 0.1) is 37.5 Å². The van der Waals surface area contributed by atoms with E-state index in [1.54, 1.807) is 19.4 Å². The molecule has 3 rings (SSSR count). The van der Waals surface area contributed by atoms with Gasteiger partial charge in [0, 0.05) is 31.6 Å². The van der Waals surface area contributed by atoms with Crippen LogP contribution in [-0.4, -0.2) is 78.7 Å². The molecule has 0 spiro atoms. The van der Waals surface area contributed by atoms with E-state index in [-0.39, 0.29) is 24.7 Å². The number of carbonyl (C=O) groups is 2. The molecule has 0 bridgehead atoms. The fraction of sp³-hybridized carbons (Fsp3) is 0.591. The lowest BCUT2D eigenvalue weighted by atomic mass is 10.1. The molecule has 31 heavy (non-hydrogen) atoms. The normalized spacial score (nSPS) is 18.3. The van der Waals surface area contributed by atoms with Crippen molar-refractivity contribution in [2.24, 2.45) is 0 Å². The maximum absolute atomic E-state index is 12.3. The summed E-state index contributed by atoms with van der Waals surface area (Å²) in [6, 6.07) is 5.63. The molecule has 0 saturated carbocycles. The van der Waals surface area contributed by atoms with E-state index in [1.165, 1.54) is 7.11 Å². The molecule has 0 amide bonds. The van der Waals surface area contributed by atoms with E-state index in [0.717, 1.165) is 30.4 Å². The van der Waals surface area contributed by atoms with Gasteiger partial charge in [-0.1, -0.05) is 12.1 Å². The lowest BCUT2D eigenvalue weighted by molar-refractivity contribution is -0.153. The van der Waals surface area contributed by atoms with Crippen LogP contribution in [-0.2, 0) is 19.0 Å². The SMILES string of the molecule is COCC(N1CCC(NCC(=O)OC(C)(C)C)C1)n1ncc2cccc(C(=O)OC)c21. The second-order valence-corrected chi connectivity index (χ2v) is 8.71. The van der Waals surface area contributed by atoms with Crippen LogP contribution in [0.15, 0.2) is 24.4 Å². The smallest absolute Gasteiger partial charge is 0.340 e. The Labute approximate surface area is 182 Å². The maximum atomic E-state index is 12.3. The number of fused-ring (bicyclic) bond motifs is 1. The minimum Gasteiger partial charge on any atom is -0.465 e. The Morgan fingerprint density at radius 3 is 2.74 bits per heavy atom. The number of aromatic nitrogens is 2. The fourth-order valence-corrected chi connectivity index (χ4v) is 3.91. The van der Waals surface area contributed by atoms with Crippen LogP contribution in [0.25, 0.3) is 10.9 Å². The summed E-state index contributed by atoms with van der Waals surface area (Å²) in [6.07, 6.45) is 2.44. The van der Waals surface area contributed by atoms with E-state index < -0.39 is 11.6 Å². The molecule has 1 saturated heterocycles. The minimum absolute atomic E-state index is 0.147. The summed E-state index contributed by atoms with van der Waals surface area (Å²) in [5, 5.41) is 8.72. The third kappa shape index (κ3) is 5.61. The molecule has 1 aliphatic heterocycles. The van der Waals surface area contributed by atoms with Crippen molar-refractivity contribution in [1.29, 1.82) is 0 Å². The first-order valence-electron chi connectivity index (χ1n) is 10.5. The summed E-state index contributed by atoms with van der Waals surface area (Å²) in [5.74, 6) is -0.665. The average molecular weight is 433 g/mol. The highest BCUT2D eigenvalue weighted by molar-refractivity contribution is 6.02. The van der Waals surface area contributed by atoms with E-state index in [9.17, 15) is 9.59 Å². The molecular formula is C22H32N4O5. The number of ether oxygens (including phenoxy) is 3. The van der Waals surface area contributed by atoms with Crippen molar-refractivity contribution in [2.75, 3.05) is 40.5 Å². The zero-order valence-corrected chi connectivity index (χ0v) is 18.9. The van der Waals surface area contributed by atoms with E-state index in [2.05, 4.69) is 15.3 Å². The molecule has 1 aromatic carbocycles. The monoisotopic (exact) mass is 432 g/mol. The van der Waals surface area contributed by atoms with E-state index in [4.69, 9.17) is 14.2 Å². The van der Waals surface area contributed by atoms with Crippen molar-refractivity contribution in [3.63, 3.8) is 0 Å². The van der Waals surface area contributed by atoms with Crippen LogP contribution in [0.1, 0.15) is 43.7 Å². The predicted octanol–water partition coefficient (Wildman–Crippen LogP) is 1.97. The fourth-order valence-electron chi connectivity index (χ4n) is 3.91. The van der Waals surface area contributed by atoms with Crippen LogP contribution in [0.4, 0.5) is 0 Å². The molecule has 1 fully saturated rings. The Morgan fingerprint density at radius 2 is 2.06 bits per heavy atom. The Kier molecular flexibility index (Phi) is 7.30. The molecular weight excluding hydrogens is 400 g/mol. The number of hydrogen-bond acceptors (Lipinski definition) is 8. The number of methoxy groups -OCH3 is 2. The lowest BCUT2D eigenvalue weighted by Crippen LogP contribution is -2.40. The Morgan fingerprint density at radius 1 is 1.29 bits per heavy atom. The van der Waals surface area contributed by atoms with Gasteiger partial charge in [-0.2, -0.15) is 5.10 Å². The first-order valence-corrected chi connectivity index (χ1v) is 10.5. The Bertz CT molecular complexity index is 920. The Balaban J connectivity index is 1.75. The molecule has 2 aromatic rings. The van der Waals surface area contributed by atoms with Crippen LogP contribution < -0.4 is 5.32 Å². The van der Waals surface area contributed by atoms with Crippen LogP contribution in [0.2, 0.25) is 0 Å². The van der Waals surface area contributed by atoms with Crippen LogP contribution in [0, 0.1) is 0 Å². The minimum atomic E-state index is -0.497. The second kappa shape index (κ2) is 9.76. The zero-order chi connectivity index (χ0) is 22.6. The van der Waals surface area contributed by atoms with Crippen LogP contribution >= 0.6 is 0 Å². The molecule has 2 unspecified atom stereocenters. The first-order chi connectivity index (χ1) is 14.7. The third-order valence-electron chi connectivity index (χ3n) is 5.22. The lowest BCUT2D eigenvalue weighted by Gasteiger charge is -2.28. The molecule has 1 N–H and O–H groups in total. The van der Waals surface area contributed by atoms with Crippen molar-refractivity contribution in [2.45, 2.75) is 45.0 Å². The number of benzene rings is 1. The molecule has 9 nitrogen and oxygen atoms in total. The number of esters is 2. The quantitative estimate of drug-likeness (QED) is 0.633. The van der Waals surface area contributed by atoms with Gasteiger partial charge in [-0.15, -0.1) is 0 Å². The molecule has 9 heteroatoms. The summed E-state index contributed by atoms with van der Waals surface area (Å²) < 4.78 is 17.7. The van der Waals surface area contributed by atoms with Gasteiger partial charge in [0.2, 0.25) is 0 Å². The largest absolute Gasteiger partial charge is 0.465 e. The number of rotatable bonds is 8. The van der Waals surface area contributed by atoms with Gasteiger partial charge in [0.25, 0.3) is 0 Å². The summed E-state index contributed by atoms with van der Waals surface area (Å²) >= 11 is 0. The van der Waals surface area contributed by atoms with Crippen molar-refractivity contribution < 1.29 is 23.8 Å². The van der Waals surface area contributed by atoms with E-state index >= 15 is 0 Å². The first kappa shape index (κ1) is 23.2. The topological polar surface area (TPSA) is 94.9 Å². The van der Waals surface area contributed by atoms with Crippen molar-refractivity contribution in [1.82, 2.24) is 20.0 Å². The molecule has 2 heterocycles. The Hall–Kier alpha value is -2.49. The van der Waals surface area contributed by atoms with Crippen LogP contribution in [0.5, 0.6) is 0 Å². The molecule has 2 atom stereocenters. The number of likely N-dealkylation sites (tertiary alicyclic amines) is 1.